The summed E-state index contributed by atoms with van der Waals surface area (Å²) in [5, 5.41) is 6.41. The fourth-order valence-electron chi connectivity index (χ4n) is 5.18. The molecule has 45 heavy (non-hydrogen) atoms. The van der Waals surface area contributed by atoms with Gasteiger partial charge in [0.05, 0.1) is 29.6 Å². The Hall–Kier alpha value is -5.79. The number of pyridine rings is 1. The van der Waals surface area contributed by atoms with Crippen LogP contribution in [0.1, 0.15) is 51.2 Å². The number of hydrogen-bond donors (Lipinski definition) is 2. The van der Waals surface area contributed by atoms with Crippen molar-refractivity contribution in [1.29, 1.82) is 0 Å². The van der Waals surface area contributed by atoms with Crippen LogP contribution in [0.5, 0.6) is 0 Å². The van der Waals surface area contributed by atoms with E-state index in [1.54, 1.807) is 48.6 Å². The van der Waals surface area contributed by atoms with E-state index in [1.165, 1.54) is 36.9 Å². The molecule has 0 aliphatic carbocycles. The topological polar surface area (TPSA) is 147 Å². The maximum atomic E-state index is 13.8. The van der Waals surface area contributed by atoms with E-state index in [1.807, 2.05) is 4.57 Å². The minimum absolute atomic E-state index is 0.0108. The van der Waals surface area contributed by atoms with E-state index in [0.717, 1.165) is 11.8 Å². The number of likely N-dealkylation sites (tertiary alicyclic amines) is 1. The Morgan fingerprint density at radius 3 is 2.60 bits per heavy atom. The van der Waals surface area contributed by atoms with Crippen LogP contribution in [-0.4, -0.2) is 72.2 Å². The second-order valence-electron chi connectivity index (χ2n) is 10.2. The number of rotatable bonds is 8. The number of aliphatic imine (C=N–C) groups is 1. The number of aromatic amines is 1. The number of nitrogens with one attached hydrogen (secondary N) is 2. The molecule has 14 heteroatoms. The third-order valence-corrected chi connectivity index (χ3v) is 7.43. The van der Waals surface area contributed by atoms with Gasteiger partial charge in [0.15, 0.2) is 5.69 Å². The lowest BCUT2D eigenvalue weighted by atomic mass is 10.0. The van der Waals surface area contributed by atoms with Crippen LogP contribution >= 0.6 is 0 Å². The summed E-state index contributed by atoms with van der Waals surface area (Å²) in [4.78, 5) is 47.0. The number of benzene rings is 1. The summed E-state index contributed by atoms with van der Waals surface area (Å²) in [7, 11) is 1.66. The molecule has 1 saturated heterocycles. The molecule has 1 aliphatic heterocycles. The molecule has 0 saturated carbocycles. The first-order chi connectivity index (χ1) is 21.9. The van der Waals surface area contributed by atoms with Gasteiger partial charge in [0, 0.05) is 55.6 Å². The van der Waals surface area contributed by atoms with Crippen molar-refractivity contribution in [3.63, 3.8) is 0 Å². The zero-order valence-corrected chi connectivity index (χ0v) is 24.0. The zero-order chi connectivity index (χ0) is 31.3. The molecule has 1 aliphatic rings. The van der Waals surface area contributed by atoms with E-state index in [9.17, 15) is 18.4 Å². The van der Waals surface area contributed by atoms with Crippen molar-refractivity contribution in [2.75, 3.05) is 25.5 Å². The van der Waals surface area contributed by atoms with Gasteiger partial charge in [-0.3, -0.25) is 14.6 Å². The van der Waals surface area contributed by atoms with Crippen molar-refractivity contribution in [3.05, 3.63) is 108 Å². The van der Waals surface area contributed by atoms with Gasteiger partial charge in [-0.2, -0.15) is 4.39 Å². The summed E-state index contributed by atoms with van der Waals surface area (Å²) in [6, 6.07) is 10.1. The molecule has 0 unspecified atom stereocenters. The lowest BCUT2D eigenvalue weighted by Crippen LogP contribution is -2.39. The summed E-state index contributed by atoms with van der Waals surface area (Å²) < 4.78 is 34.1. The van der Waals surface area contributed by atoms with Crippen LogP contribution in [0.2, 0.25) is 0 Å². The Morgan fingerprint density at radius 2 is 1.89 bits per heavy atom. The first-order valence-corrected chi connectivity index (χ1v) is 14.0. The number of piperidine rings is 1. The normalized spacial score (nSPS) is 14.3. The molecule has 5 heterocycles. The highest BCUT2D eigenvalue weighted by atomic mass is 19.1. The molecule has 4 aromatic heterocycles. The van der Waals surface area contributed by atoms with Gasteiger partial charge < -0.3 is 24.3 Å². The van der Waals surface area contributed by atoms with Gasteiger partial charge in [-0.25, -0.2) is 19.3 Å². The monoisotopic (exact) mass is 611 g/mol. The molecule has 0 atom stereocenters. The number of anilines is 1. The Kier molecular flexibility index (Phi) is 8.35. The zero-order valence-electron chi connectivity index (χ0n) is 24.0. The molecule has 5 aromatic rings. The second-order valence-corrected chi connectivity index (χ2v) is 10.2. The number of amides is 2. The molecule has 0 spiro atoms. The Bertz CT molecular complexity index is 1870. The Morgan fingerprint density at radius 1 is 1.09 bits per heavy atom. The van der Waals surface area contributed by atoms with Crippen molar-refractivity contribution in [2.45, 2.75) is 18.9 Å². The summed E-state index contributed by atoms with van der Waals surface area (Å²) in [5.74, 6) is -1.07. The van der Waals surface area contributed by atoms with Crippen LogP contribution in [0.15, 0.2) is 83.0 Å². The largest absolute Gasteiger partial charge is 0.364 e. The molecule has 12 nitrogen and oxygen atoms in total. The Balaban J connectivity index is 1.24. The molecule has 2 amide bonds. The number of carbonyl (C=O) groups excluding carboxylic acids is 2. The maximum Gasteiger partial charge on any atom is 0.276 e. The van der Waals surface area contributed by atoms with Crippen LogP contribution in [0.25, 0.3) is 17.3 Å². The van der Waals surface area contributed by atoms with Crippen LogP contribution in [0.4, 0.5) is 14.6 Å². The molecule has 228 valence electrons. The first-order valence-electron chi connectivity index (χ1n) is 14.0. The molecule has 6 rings (SSSR count). The highest BCUT2D eigenvalue weighted by Gasteiger charge is 2.29. The number of H-pyrrole nitrogens is 1. The quantitative estimate of drug-likeness (QED) is 0.189. The van der Waals surface area contributed by atoms with Gasteiger partial charge >= 0.3 is 0 Å². The first kappa shape index (κ1) is 29.3. The average molecular weight is 612 g/mol. The number of halogens is 2. The van der Waals surface area contributed by atoms with Gasteiger partial charge in [-0.1, -0.05) is 5.16 Å². The number of allylic oxidation sites excluding steroid dienone is 1. The molecule has 1 fully saturated rings. The molecular formula is C31H27F2N9O3. The van der Waals surface area contributed by atoms with E-state index in [2.05, 4.69) is 30.4 Å². The molecule has 2 N–H and O–H groups in total. The summed E-state index contributed by atoms with van der Waals surface area (Å²) >= 11 is 0. The molecule has 0 bridgehead atoms. The van der Waals surface area contributed by atoms with Gasteiger partial charge in [-0.15, -0.1) is 0 Å². The van der Waals surface area contributed by atoms with Crippen LogP contribution in [-0.2, 0) is 0 Å². The van der Waals surface area contributed by atoms with Crippen molar-refractivity contribution < 1.29 is 22.9 Å². The predicted molar refractivity (Wildman–Crippen MR) is 161 cm³/mol. The van der Waals surface area contributed by atoms with Gasteiger partial charge in [0.25, 0.3) is 11.8 Å². The van der Waals surface area contributed by atoms with E-state index < -0.39 is 11.9 Å². The fourth-order valence-corrected chi connectivity index (χ4v) is 5.18. The highest BCUT2D eigenvalue weighted by molar-refractivity contribution is 6.13. The molecule has 1 aromatic carbocycles. The maximum absolute atomic E-state index is 13.8. The SMILES string of the molecule is CN=C(/C=C\c1ncc(NC(=O)c2ccnc(F)c2)[nH]1)c1c(-c2ccc(F)cc2)ncn1C1CCN(C(=O)c2ccon2)CC1. The van der Waals surface area contributed by atoms with Crippen LogP contribution in [0.3, 0.4) is 0 Å². The lowest BCUT2D eigenvalue weighted by Gasteiger charge is -2.33. The Labute approximate surface area is 255 Å². The minimum atomic E-state index is -0.757. The van der Waals surface area contributed by atoms with Crippen LogP contribution < -0.4 is 5.32 Å². The van der Waals surface area contributed by atoms with E-state index in [-0.39, 0.29) is 29.0 Å². The van der Waals surface area contributed by atoms with Crippen molar-refractivity contribution >= 4 is 29.4 Å². The fraction of sp³-hybridized carbons (Fsp3) is 0.194. The van der Waals surface area contributed by atoms with Gasteiger partial charge in [-0.05, 0) is 55.3 Å². The van der Waals surface area contributed by atoms with Gasteiger partial charge in [0.2, 0.25) is 5.95 Å². The number of nitrogens with zero attached hydrogens (tertiary/aromatic N) is 7. The molecular weight excluding hydrogens is 584 g/mol. The smallest absolute Gasteiger partial charge is 0.276 e. The summed E-state index contributed by atoms with van der Waals surface area (Å²) in [6.45, 7) is 1.03. The minimum Gasteiger partial charge on any atom is -0.364 e. The van der Waals surface area contributed by atoms with Gasteiger partial charge in [0.1, 0.15) is 23.7 Å². The molecule has 0 radical (unpaired) electrons. The van der Waals surface area contributed by atoms with Crippen molar-refractivity contribution in [3.8, 4) is 11.3 Å². The van der Waals surface area contributed by atoms with E-state index >= 15 is 0 Å². The average Bonchev–Trinajstić information content (AvgIpc) is 3.84. The second kappa shape index (κ2) is 12.8. The third kappa shape index (κ3) is 6.44. The predicted octanol–water partition coefficient (Wildman–Crippen LogP) is 4.80. The van der Waals surface area contributed by atoms with Crippen molar-refractivity contribution in [2.24, 2.45) is 4.99 Å². The van der Waals surface area contributed by atoms with Crippen LogP contribution in [0, 0.1) is 11.8 Å². The summed E-state index contributed by atoms with van der Waals surface area (Å²) in [6.07, 6.45) is 10.6. The van der Waals surface area contributed by atoms with E-state index in [4.69, 9.17) is 9.51 Å². The van der Waals surface area contributed by atoms with Crippen molar-refractivity contribution in [1.82, 2.24) is 34.6 Å². The highest BCUT2D eigenvalue weighted by Crippen LogP contribution is 2.31. The number of carbonyl (C=O) groups is 2. The standard InChI is InChI=1S/C31H27F2N9O3/c1-34-23(6-7-26-36-17-27(38-26)39-30(43)20-8-12-35-25(33)16-20)29-28(19-2-4-21(32)5-3-19)37-18-42(29)22-9-13-41(14-10-22)31(44)24-11-15-45-40-24/h2-8,11-12,15-18,22H,9-10,13-14H2,1H3,(H,36,38)(H,39,43)/b7-6-,34-23?. The number of hydrogen-bond acceptors (Lipinski definition) is 8. The lowest BCUT2D eigenvalue weighted by molar-refractivity contribution is 0.0684. The van der Waals surface area contributed by atoms with E-state index in [0.29, 0.717) is 54.5 Å². The number of aromatic nitrogens is 6. The summed E-state index contributed by atoms with van der Waals surface area (Å²) in [5.41, 5.74) is 3.04. The number of imidazole rings is 2. The third-order valence-electron chi connectivity index (χ3n) is 7.43.